The molecule has 0 unspecified atom stereocenters. The van der Waals surface area contributed by atoms with E-state index in [1.54, 1.807) is 6.20 Å². The first-order valence-corrected chi connectivity index (χ1v) is 7.72. The molecule has 0 aliphatic rings. The molecule has 3 aromatic rings. The molecule has 24 heavy (non-hydrogen) atoms. The predicted molar refractivity (Wildman–Crippen MR) is 91.6 cm³/mol. The maximum Gasteiger partial charge on any atom is 0.340 e. The Morgan fingerprint density at radius 3 is 2.58 bits per heavy atom. The van der Waals surface area contributed by atoms with Crippen LogP contribution in [-0.4, -0.2) is 23.5 Å². The van der Waals surface area contributed by atoms with E-state index < -0.39 is 5.97 Å². The quantitative estimate of drug-likeness (QED) is 0.709. The van der Waals surface area contributed by atoms with E-state index in [4.69, 9.17) is 4.74 Å². The fraction of sp³-hybridized carbons (Fsp3) is 0.158. The lowest BCUT2D eigenvalue weighted by Gasteiger charge is -2.14. The second kappa shape index (κ2) is 7.00. The fourth-order valence-corrected chi connectivity index (χ4v) is 2.56. The van der Waals surface area contributed by atoms with Gasteiger partial charge < -0.3 is 15.0 Å². The first kappa shape index (κ1) is 15.8. The number of nitrogens with one attached hydrogen (secondary N) is 2. The van der Waals surface area contributed by atoms with Gasteiger partial charge in [-0.15, -0.1) is 0 Å². The second-order valence-corrected chi connectivity index (χ2v) is 5.52. The molecule has 122 valence electrons. The summed E-state index contributed by atoms with van der Waals surface area (Å²) in [5.41, 5.74) is 2.27. The number of carbonyl (C=O) groups excluding carboxylic acids is 2. The second-order valence-electron chi connectivity index (χ2n) is 5.52. The molecule has 0 fully saturated rings. The van der Waals surface area contributed by atoms with Gasteiger partial charge in [-0.2, -0.15) is 0 Å². The van der Waals surface area contributed by atoms with Crippen LogP contribution in [0.2, 0.25) is 0 Å². The molecule has 0 aliphatic carbocycles. The Kier molecular flexibility index (Phi) is 4.61. The number of hydrogen-bond acceptors (Lipinski definition) is 3. The standard InChI is InChI=1S/C19H18N2O3/c1-13(14-7-3-2-4-8-14)21-18(22)12-24-19(23)16-11-20-17-10-6-5-9-15(16)17/h2-11,13,20H,12H2,1H3,(H,21,22)/t13-/m1/s1. The summed E-state index contributed by atoms with van der Waals surface area (Å²) >= 11 is 0. The zero-order valence-electron chi connectivity index (χ0n) is 13.3. The highest BCUT2D eigenvalue weighted by atomic mass is 16.5. The first-order valence-electron chi connectivity index (χ1n) is 7.72. The van der Waals surface area contributed by atoms with E-state index in [0.717, 1.165) is 16.5 Å². The largest absolute Gasteiger partial charge is 0.452 e. The average Bonchev–Trinajstić information content (AvgIpc) is 3.04. The molecule has 0 saturated carbocycles. The van der Waals surface area contributed by atoms with Gasteiger partial charge in [-0.3, -0.25) is 4.79 Å². The Bertz CT molecular complexity index is 855. The van der Waals surface area contributed by atoms with Crippen LogP contribution >= 0.6 is 0 Å². The summed E-state index contributed by atoms with van der Waals surface area (Å²) < 4.78 is 5.12. The molecule has 0 saturated heterocycles. The van der Waals surface area contributed by atoms with Gasteiger partial charge in [0, 0.05) is 17.1 Å². The molecule has 5 nitrogen and oxygen atoms in total. The van der Waals surface area contributed by atoms with Crippen molar-refractivity contribution in [3.8, 4) is 0 Å². The van der Waals surface area contributed by atoms with E-state index >= 15 is 0 Å². The van der Waals surface area contributed by atoms with Gasteiger partial charge in [0.1, 0.15) is 0 Å². The van der Waals surface area contributed by atoms with Crippen molar-refractivity contribution < 1.29 is 14.3 Å². The highest BCUT2D eigenvalue weighted by Crippen LogP contribution is 2.18. The van der Waals surface area contributed by atoms with Crippen molar-refractivity contribution in [2.24, 2.45) is 0 Å². The van der Waals surface area contributed by atoms with Gasteiger partial charge in [-0.25, -0.2) is 4.79 Å². The Labute approximate surface area is 139 Å². The molecule has 0 radical (unpaired) electrons. The number of hydrogen-bond donors (Lipinski definition) is 2. The minimum atomic E-state index is -0.519. The summed E-state index contributed by atoms with van der Waals surface area (Å²) in [6.45, 7) is 1.57. The van der Waals surface area contributed by atoms with Gasteiger partial charge in [0.15, 0.2) is 6.61 Å². The van der Waals surface area contributed by atoms with E-state index in [1.165, 1.54) is 0 Å². The van der Waals surface area contributed by atoms with Crippen LogP contribution in [0.15, 0.2) is 60.8 Å². The first-order chi connectivity index (χ1) is 11.6. The van der Waals surface area contributed by atoms with Crippen molar-refractivity contribution >= 4 is 22.8 Å². The number of ether oxygens (including phenoxy) is 1. The smallest absolute Gasteiger partial charge is 0.340 e. The lowest BCUT2D eigenvalue weighted by molar-refractivity contribution is -0.124. The summed E-state index contributed by atoms with van der Waals surface area (Å²) in [7, 11) is 0. The average molecular weight is 322 g/mol. The molecule has 3 rings (SSSR count). The third kappa shape index (κ3) is 3.46. The van der Waals surface area contributed by atoms with Crippen LogP contribution in [0.3, 0.4) is 0 Å². The van der Waals surface area contributed by atoms with Crippen molar-refractivity contribution in [3.05, 3.63) is 71.9 Å². The molecule has 1 aromatic heterocycles. The van der Waals surface area contributed by atoms with E-state index in [9.17, 15) is 9.59 Å². The number of esters is 1. The summed E-state index contributed by atoms with van der Waals surface area (Å²) in [6, 6.07) is 16.9. The fourth-order valence-electron chi connectivity index (χ4n) is 2.56. The van der Waals surface area contributed by atoms with Crippen LogP contribution in [0.5, 0.6) is 0 Å². The molecular formula is C19H18N2O3. The minimum Gasteiger partial charge on any atom is -0.452 e. The van der Waals surface area contributed by atoms with Gasteiger partial charge in [0.05, 0.1) is 11.6 Å². The van der Waals surface area contributed by atoms with Crippen LogP contribution in [0.4, 0.5) is 0 Å². The third-order valence-corrected chi connectivity index (χ3v) is 3.82. The number of aromatic amines is 1. The highest BCUT2D eigenvalue weighted by Gasteiger charge is 2.16. The van der Waals surface area contributed by atoms with Crippen molar-refractivity contribution in [2.75, 3.05) is 6.61 Å². The minimum absolute atomic E-state index is 0.148. The SMILES string of the molecule is C[C@@H](NC(=O)COC(=O)c1c[nH]c2ccccc12)c1ccccc1. The predicted octanol–water partition coefficient (Wildman–Crippen LogP) is 3.20. The van der Waals surface area contributed by atoms with Gasteiger partial charge in [-0.05, 0) is 18.6 Å². The van der Waals surface area contributed by atoms with Crippen LogP contribution in [0.1, 0.15) is 28.9 Å². The Morgan fingerprint density at radius 2 is 1.79 bits per heavy atom. The monoisotopic (exact) mass is 322 g/mol. The number of benzene rings is 2. The molecule has 1 atom stereocenters. The molecule has 0 spiro atoms. The Balaban J connectivity index is 1.57. The zero-order valence-corrected chi connectivity index (χ0v) is 13.3. The Morgan fingerprint density at radius 1 is 1.08 bits per heavy atom. The summed E-state index contributed by atoms with van der Waals surface area (Å²) in [5, 5.41) is 3.59. The highest BCUT2D eigenvalue weighted by molar-refractivity contribution is 6.04. The number of rotatable bonds is 5. The number of carbonyl (C=O) groups is 2. The van der Waals surface area contributed by atoms with Crippen LogP contribution in [0.25, 0.3) is 10.9 Å². The maximum atomic E-state index is 12.2. The van der Waals surface area contributed by atoms with Crippen LogP contribution in [-0.2, 0) is 9.53 Å². The van der Waals surface area contributed by atoms with Crippen LogP contribution in [0, 0.1) is 0 Å². The molecular weight excluding hydrogens is 304 g/mol. The molecule has 2 N–H and O–H groups in total. The van der Waals surface area contributed by atoms with Crippen molar-refractivity contribution in [2.45, 2.75) is 13.0 Å². The van der Waals surface area contributed by atoms with E-state index in [0.29, 0.717) is 5.56 Å². The molecule has 1 heterocycles. The van der Waals surface area contributed by atoms with Crippen molar-refractivity contribution in [3.63, 3.8) is 0 Å². The summed E-state index contributed by atoms with van der Waals surface area (Å²) in [6.07, 6.45) is 1.59. The summed E-state index contributed by atoms with van der Waals surface area (Å²) in [4.78, 5) is 27.1. The number of fused-ring (bicyclic) bond motifs is 1. The maximum absolute atomic E-state index is 12.2. The molecule has 2 aromatic carbocycles. The normalized spacial score (nSPS) is 11.9. The third-order valence-electron chi connectivity index (χ3n) is 3.82. The molecule has 0 aliphatic heterocycles. The van der Waals surface area contributed by atoms with Gasteiger partial charge in [0.25, 0.3) is 5.91 Å². The molecule has 1 amide bonds. The number of amides is 1. The topological polar surface area (TPSA) is 71.2 Å². The van der Waals surface area contributed by atoms with E-state index in [1.807, 2.05) is 61.5 Å². The van der Waals surface area contributed by atoms with Gasteiger partial charge >= 0.3 is 5.97 Å². The van der Waals surface area contributed by atoms with Gasteiger partial charge in [0.2, 0.25) is 0 Å². The van der Waals surface area contributed by atoms with E-state index in [-0.39, 0.29) is 18.6 Å². The lowest BCUT2D eigenvalue weighted by Crippen LogP contribution is -2.31. The number of aromatic nitrogens is 1. The number of para-hydroxylation sites is 1. The Hall–Kier alpha value is -3.08. The van der Waals surface area contributed by atoms with E-state index in [2.05, 4.69) is 10.3 Å². The molecule has 5 heteroatoms. The van der Waals surface area contributed by atoms with Crippen LogP contribution < -0.4 is 5.32 Å². The van der Waals surface area contributed by atoms with Crippen molar-refractivity contribution in [1.29, 1.82) is 0 Å². The number of H-pyrrole nitrogens is 1. The zero-order chi connectivity index (χ0) is 16.9. The van der Waals surface area contributed by atoms with Gasteiger partial charge in [-0.1, -0.05) is 48.5 Å². The summed E-state index contributed by atoms with van der Waals surface area (Å²) in [5.74, 6) is -0.852. The van der Waals surface area contributed by atoms with Crippen molar-refractivity contribution in [1.82, 2.24) is 10.3 Å². The molecule has 0 bridgehead atoms. The lowest BCUT2D eigenvalue weighted by atomic mass is 10.1.